The molecule has 0 bridgehead atoms. The molecular formula is C12H13F2N3OS. The Morgan fingerprint density at radius 1 is 1.21 bits per heavy atom. The molecule has 0 radical (unpaired) electrons. The first kappa shape index (κ1) is 13.7. The highest BCUT2D eigenvalue weighted by atomic mass is 32.1. The molecule has 0 aliphatic rings. The Balaban J connectivity index is 1.92. The van der Waals surface area contributed by atoms with E-state index in [0.29, 0.717) is 10.1 Å². The van der Waals surface area contributed by atoms with Gasteiger partial charge < -0.3 is 10.1 Å². The fourth-order valence-electron chi connectivity index (χ4n) is 1.37. The Labute approximate surface area is 113 Å². The smallest absolute Gasteiger partial charge is 0.205 e. The fourth-order valence-corrected chi connectivity index (χ4v) is 2.05. The minimum Gasteiger partial charge on any atom is -0.486 e. The van der Waals surface area contributed by atoms with Crippen molar-refractivity contribution in [3.05, 3.63) is 34.8 Å². The molecule has 1 N–H and O–H groups in total. The quantitative estimate of drug-likeness (QED) is 0.885. The molecule has 0 unspecified atom stereocenters. The first-order valence-electron chi connectivity index (χ1n) is 5.82. The molecule has 0 aliphatic carbocycles. The van der Waals surface area contributed by atoms with Crippen molar-refractivity contribution in [2.75, 3.05) is 11.9 Å². The average molecular weight is 285 g/mol. The van der Waals surface area contributed by atoms with E-state index in [1.54, 1.807) is 0 Å². The number of ether oxygens (including phenoxy) is 1. The number of nitrogens with zero attached hydrogens (tertiary/aromatic N) is 2. The van der Waals surface area contributed by atoms with Gasteiger partial charge in [0.05, 0.1) is 0 Å². The molecule has 0 fully saturated rings. The van der Waals surface area contributed by atoms with Crippen LogP contribution < -0.4 is 10.1 Å². The fraction of sp³-hybridized carbons (Fsp3) is 0.333. The van der Waals surface area contributed by atoms with Crippen LogP contribution in [-0.2, 0) is 6.61 Å². The summed E-state index contributed by atoms with van der Waals surface area (Å²) in [7, 11) is 0. The van der Waals surface area contributed by atoms with E-state index in [1.165, 1.54) is 11.3 Å². The van der Waals surface area contributed by atoms with E-state index in [4.69, 9.17) is 4.74 Å². The SMILES string of the molecule is CCCNc1nnc(COc2cc(F)cc(F)c2)s1. The van der Waals surface area contributed by atoms with E-state index in [-0.39, 0.29) is 12.4 Å². The van der Waals surface area contributed by atoms with E-state index in [9.17, 15) is 8.78 Å². The summed E-state index contributed by atoms with van der Waals surface area (Å²) in [6.45, 7) is 3.01. The Hall–Kier alpha value is -1.76. The number of hydrogen-bond donors (Lipinski definition) is 1. The second-order valence-electron chi connectivity index (χ2n) is 3.82. The van der Waals surface area contributed by atoms with Crippen LogP contribution in [0, 0.1) is 11.6 Å². The third-order valence-electron chi connectivity index (χ3n) is 2.19. The van der Waals surface area contributed by atoms with Crippen LogP contribution in [-0.4, -0.2) is 16.7 Å². The predicted octanol–water partition coefficient (Wildman–Crippen LogP) is 3.22. The van der Waals surface area contributed by atoms with Crippen LogP contribution in [0.5, 0.6) is 5.75 Å². The lowest BCUT2D eigenvalue weighted by Gasteiger charge is -2.03. The summed E-state index contributed by atoms with van der Waals surface area (Å²) in [5.41, 5.74) is 0. The molecule has 7 heteroatoms. The standard InChI is InChI=1S/C12H13F2N3OS/c1-2-3-15-12-17-16-11(19-12)7-18-10-5-8(13)4-9(14)6-10/h4-6H,2-3,7H2,1H3,(H,15,17). The van der Waals surface area contributed by atoms with Gasteiger partial charge in [0.2, 0.25) is 5.13 Å². The summed E-state index contributed by atoms with van der Waals surface area (Å²) in [6.07, 6.45) is 0.994. The van der Waals surface area contributed by atoms with Crippen molar-refractivity contribution in [3.8, 4) is 5.75 Å². The van der Waals surface area contributed by atoms with Crippen LogP contribution >= 0.6 is 11.3 Å². The Kier molecular flexibility index (Phi) is 4.62. The molecule has 1 aromatic carbocycles. The van der Waals surface area contributed by atoms with Crippen LogP contribution in [0.3, 0.4) is 0 Å². The second kappa shape index (κ2) is 6.42. The predicted molar refractivity (Wildman–Crippen MR) is 69.4 cm³/mol. The third kappa shape index (κ3) is 4.13. The molecule has 0 atom stereocenters. The van der Waals surface area contributed by atoms with E-state index >= 15 is 0 Å². The van der Waals surface area contributed by atoms with Gasteiger partial charge in [0.15, 0.2) is 5.01 Å². The summed E-state index contributed by atoms with van der Waals surface area (Å²) in [4.78, 5) is 0. The molecular weight excluding hydrogens is 272 g/mol. The minimum absolute atomic E-state index is 0.133. The summed E-state index contributed by atoms with van der Waals surface area (Å²) in [6, 6.07) is 3.05. The van der Waals surface area contributed by atoms with E-state index in [0.717, 1.165) is 31.2 Å². The van der Waals surface area contributed by atoms with Crippen LogP contribution in [0.15, 0.2) is 18.2 Å². The van der Waals surface area contributed by atoms with Gasteiger partial charge in [0.1, 0.15) is 24.0 Å². The lowest BCUT2D eigenvalue weighted by molar-refractivity contribution is 0.301. The molecule has 0 amide bonds. The summed E-state index contributed by atoms with van der Waals surface area (Å²) >= 11 is 1.35. The number of benzene rings is 1. The van der Waals surface area contributed by atoms with Crippen molar-refractivity contribution in [1.82, 2.24) is 10.2 Å². The number of hydrogen-bond acceptors (Lipinski definition) is 5. The highest BCUT2D eigenvalue weighted by Gasteiger charge is 2.06. The Morgan fingerprint density at radius 3 is 2.63 bits per heavy atom. The molecule has 1 heterocycles. The largest absolute Gasteiger partial charge is 0.486 e. The zero-order chi connectivity index (χ0) is 13.7. The van der Waals surface area contributed by atoms with Gasteiger partial charge in [-0.25, -0.2) is 8.78 Å². The Morgan fingerprint density at radius 2 is 1.95 bits per heavy atom. The van der Waals surface area contributed by atoms with Gasteiger partial charge in [-0.2, -0.15) is 0 Å². The van der Waals surface area contributed by atoms with Crippen molar-refractivity contribution >= 4 is 16.5 Å². The molecule has 1 aromatic heterocycles. The van der Waals surface area contributed by atoms with Gasteiger partial charge >= 0.3 is 0 Å². The lowest BCUT2D eigenvalue weighted by Crippen LogP contribution is -1.98. The normalized spacial score (nSPS) is 10.5. The Bertz CT molecular complexity index is 527. The number of anilines is 1. The lowest BCUT2D eigenvalue weighted by atomic mass is 10.3. The zero-order valence-electron chi connectivity index (χ0n) is 10.3. The molecule has 0 saturated carbocycles. The molecule has 19 heavy (non-hydrogen) atoms. The topological polar surface area (TPSA) is 47.0 Å². The molecule has 4 nitrogen and oxygen atoms in total. The first-order valence-corrected chi connectivity index (χ1v) is 6.64. The monoisotopic (exact) mass is 285 g/mol. The second-order valence-corrected chi connectivity index (χ2v) is 4.88. The minimum atomic E-state index is -0.669. The van der Waals surface area contributed by atoms with Gasteiger partial charge in [-0.15, -0.1) is 10.2 Å². The molecule has 102 valence electrons. The van der Waals surface area contributed by atoms with Crippen LogP contribution in [0.2, 0.25) is 0 Å². The van der Waals surface area contributed by atoms with Crippen molar-refractivity contribution in [3.63, 3.8) is 0 Å². The van der Waals surface area contributed by atoms with Gasteiger partial charge in [0.25, 0.3) is 0 Å². The molecule has 2 aromatic rings. The van der Waals surface area contributed by atoms with Crippen LogP contribution in [0.1, 0.15) is 18.4 Å². The zero-order valence-corrected chi connectivity index (χ0v) is 11.1. The maximum absolute atomic E-state index is 12.9. The van der Waals surface area contributed by atoms with E-state index in [1.807, 2.05) is 0 Å². The average Bonchev–Trinajstić information content (AvgIpc) is 2.81. The van der Waals surface area contributed by atoms with Crippen molar-refractivity contribution in [2.24, 2.45) is 0 Å². The molecule has 0 aliphatic heterocycles. The maximum atomic E-state index is 12.9. The number of aromatic nitrogens is 2. The van der Waals surface area contributed by atoms with Gasteiger partial charge in [-0.1, -0.05) is 18.3 Å². The number of rotatable bonds is 6. The van der Waals surface area contributed by atoms with Crippen molar-refractivity contribution in [1.29, 1.82) is 0 Å². The summed E-state index contributed by atoms with van der Waals surface area (Å²) in [5.74, 6) is -1.20. The van der Waals surface area contributed by atoms with E-state index in [2.05, 4.69) is 22.4 Å². The molecule has 0 spiro atoms. The highest BCUT2D eigenvalue weighted by Crippen LogP contribution is 2.19. The summed E-state index contributed by atoms with van der Waals surface area (Å²) in [5, 5.41) is 12.3. The third-order valence-corrected chi connectivity index (χ3v) is 3.05. The first-order chi connectivity index (χ1) is 9.17. The van der Waals surface area contributed by atoms with Crippen molar-refractivity contribution < 1.29 is 13.5 Å². The number of halogens is 2. The van der Waals surface area contributed by atoms with Gasteiger partial charge in [-0.05, 0) is 6.42 Å². The summed E-state index contributed by atoms with van der Waals surface area (Å²) < 4.78 is 31.2. The van der Waals surface area contributed by atoms with Crippen LogP contribution in [0.4, 0.5) is 13.9 Å². The van der Waals surface area contributed by atoms with Gasteiger partial charge in [0, 0.05) is 24.7 Å². The van der Waals surface area contributed by atoms with Crippen molar-refractivity contribution in [2.45, 2.75) is 20.0 Å². The van der Waals surface area contributed by atoms with Crippen LogP contribution in [0.25, 0.3) is 0 Å². The molecule has 0 saturated heterocycles. The molecule has 2 rings (SSSR count). The van der Waals surface area contributed by atoms with E-state index < -0.39 is 11.6 Å². The van der Waals surface area contributed by atoms with Gasteiger partial charge in [-0.3, -0.25) is 0 Å². The highest BCUT2D eigenvalue weighted by molar-refractivity contribution is 7.15. The maximum Gasteiger partial charge on any atom is 0.205 e. The number of nitrogens with one attached hydrogen (secondary N) is 1.